The van der Waals surface area contributed by atoms with Gasteiger partial charge in [0.15, 0.2) is 0 Å². The number of nitrogens with one attached hydrogen (secondary N) is 1. The Balaban J connectivity index is 4.28. The maximum absolute atomic E-state index is 11.9. The topological polar surface area (TPSA) is 38.3 Å². The van der Waals surface area contributed by atoms with Gasteiger partial charge < -0.3 is 4.74 Å². The zero-order valence-electron chi connectivity index (χ0n) is 11.3. The number of hydrogen-bond acceptors (Lipinski definition) is 3. The van der Waals surface area contributed by atoms with Crippen molar-refractivity contribution >= 4 is 5.97 Å². The molecule has 0 aromatic carbocycles. The van der Waals surface area contributed by atoms with Gasteiger partial charge in [0.2, 0.25) is 0 Å². The average Bonchev–Trinajstić information content (AvgIpc) is 2.32. The van der Waals surface area contributed by atoms with Crippen LogP contribution in [-0.2, 0) is 9.53 Å². The Morgan fingerprint density at radius 2 is 2.06 bits per heavy atom. The highest BCUT2D eigenvalue weighted by Crippen LogP contribution is 2.17. The van der Waals surface area contributed by atoms with E-state index in [1.807, 2.05) is 13.8 Å². The molecule has 0 fully saturated rings. The van der Waals surface area contributed by atoms with Crippen LogP contribution in [0, 0.1) is 12.3 Å². The van der Waals surface area contributed by atoms with E-state index in [0.717, 1.165) is 19.3 Å². The molecule has 1 unspecified atom stereocenters. The third kappa shape index (κ3) is 6.33. The molecule has 0 radical (unpaired) electrons. The van der Waals surface area contributed by atoms with E-state index in [-0.39, 0.29) is 5.97 Å². The number of carbonyl (C=O) groups excluding carboxylic acids is 1. The molecule has 0 aliphatic carbocycles. The molecule has 0 heterocycles. The van der Waals surface area contributed by atoms with Crippen molar-refractivity contribution in [3.8, 4) is 12.3 Å². The molecule has 1 N–H and O–H groups in total. The maximum Gasteiger partial charge on any atom is 0.326 e. The van der Waals surface area contributed by atoms with Crippen molar-refractivity contribution in [2.45, 2.75) is 58.4 Å². The molecule has 17 heavy (non-hydrogen) atoms. The van der Waals surface area contributed by atoms with E-state index in [1.54, 1.807) is 0 Å². The third-order valence-electron chi connectivity index (χ3n) is 2.84. The minimum Gasteiger partial charge on any atom is -0.465 e. The minimum absolute atomic E-state index is 0.202. The third-order valence-corrected chi connectivity index (χ3v) is 2.84. The summed E-state index contributed by atoms with van der Waals surface area (Å²) in [5, 5.41) is 3.10. The Hall–Kier alpha value is -1.01. The normalized spacial score (nSPS) is 13.8. The number of terminal acetylenes is 1. The molecule has 98 valence electrons. The fourth-order valence-electron chi connectivity index (χ4n) is 1.70. The highest BCUT2D eigenvalue weighted by atomic mass is 16.5. The molecule has 0 aromatic heterocycles. The number of hydrogen-bond donors (Lipinski definition) is 1. The molecular formula is C14H25NO2. The Morgan fingerprint density at radius 1 is 1.35 bits per heavy atom. The van der Waals surface area contributed by atoms with Crippen LogP contribution in [0.5, 0.6) is 0 Å². The molecule has 0 aromatic rings. The number of unbranched alkanes of at least 4 members (excludes halogenated alkanes) is 3. The van der Waals surface area contributed by atoms with E-state index >= 15 is 0 Å². The lowest BCUT2D eigenvalue weighted by Gasteiger charge is -2.27. The zero-order valence-corrected chi connectivity index (χ0v) is 11.3. The summed E-state index contributed by atoms with van der Waals surface area (Å²) in [4.78, 5) is 11.9. The molecule has 0 amide bonds. The molecule has 3 heteroatoms. The molecule has 1 atom stereocenters. The summed E-state index contributed by atoms with van der Waals surface area (Å²) in [6, 6.07) is 0. The van der Waals surface area contributed by atoms with Gasteiger partial charge in [0.25, 0.3) is 0 Å². The molecule has 0 aliphatic heterocycles. The van der Waals surface area contributed by atoms with Crippen LogP contribution >= 0.6 is 0 Å². The van der Waals surface area contributed by atoms with E-state index in [9.17, 15) is 4.79 Å². The van der Waals surface area contributed by atoms with Gasteiger partial charge in [-0.3, -0.25) is 10.1 Å². The highest BCUT2D eigenvalue weighted by Gasteiger charge is 2.33. The van der Waals surface area contributed by atoms with Crippen LogP contribution in [0.4, 0.5) is 0 Å². The van der Waals surface area contributed by atoms with Gasteiger partial charge in [-0.1, -0.05) is 38.5 Å². The predicted molar refractivity (Wildman–Crippen MR) is 70.6 cm³/mol. The summed E-state index contributed by atoms with van der Waals surface area (Å²) in [5.74, 6) is 2.30. The first-order valence-corrected chi connectivity index (χ1v) is 6.46. The van der Waals surface area contributed by atoms with E-state index in [2.05, 4.69) is 18.2 Å². The highest BCUT2D eigenvalue weighted by molar-refractivity contribution is 5.80. The average molecular weight is 239 g/mol. The van der Waals surface area contributed by atoms with Gasteiger partial charge in [-0.05, 0) is 20.3 Å². The van der Waals surface area contributed by atoms with Crippen LogP contribution in [0.1, 0.15) is 52.9 Å². The lowest BCUT2D eigenvalue weighted by atomic mass is 9.94. The van der Waals surface area contributed by atoms with Crippen LogP contribution in [0.2, 0.25) is 0 Å². The number of rotatable bonds is 9. The summed E-state index contributed by atoms with van der Waals surface area (Å²) in [6.07, 6.45) is 10.5. The van der Waals surface area contributed by atoms with Crippen molar-refractivity contribution in [3.05, 3.63) is 0 Å². The number of carbonyl (C=O) groups is 1. The SMILES string of the molecule is C#CCNC(C)(CCCCCC)C(=O)OCC. The Bertz CT molecular complexity index is 257. The van der Waals surface area contributed by atoms with Gasteiger partial charge in [0.05, 0.1) is 13.2 Å². The first-order valence-electron chi connectivity index (χ1n) is 6.46. The summed E-state index contributed by atoms with van der Waals surface area (Å²) < 4.78 is 5.09. The Morgan fingerprint density at radius 3 is 2.59 bits per heavy atom. The monoisotopic (exact) mass is 239 g/mol. The van der Waals surface area contributed by atoms with Crippen LogP contribution < -0.4 is 5.32 Å². The number of ether oxygens (including phenoxy) is 1. The molecule has 3 nitrogen and oxygen atoms in total. The first-order chi connectivity index (χ1) is 8.10. The van der Waals surface area contributed by atoms with Gasteiger partial charge in [-0.15, -0.1) is 6.42 Å². The smallest absolute Gasteiger partial charge is 0.326 e. The molecule has 0 rings (SSSR count). The molecular weight excluding hydrogens is 214 g/mol. The molecule has 0 saturated carbocycles. The predicted octanol–water partition coefficient (Wildman–Crippen LogP) is 2.50. The van der Waals surface area contributed by atoms with Gasteiger partial charge in [-0.2, -0.15) is 0 Å². The van der Waals surface area contributed by atoms with Crippen molar-refractivity contribution in [2.75, 3.05) is 13.2 Å². The van der Waals surface area contributed by atoms with Crippen molar-refractivity contribution in [2.24, 2.45) is 0 Å². The Labute approximate surface area is 105 Å². The van der Waals surface area contributed by atoms with Crippen LogP contribution in [0.15, 0.2) is 0 Å². The van der Waals surface area contributed by atoms with E-state index in [0.29, 0.717) is 13.2 Å². The number of esters is 1. The summed E-state index contributed by atoms with van der Waals surface area (Å²) in [7, 11) is 0. The second-order valence-corrected chi connectivity index (χ2v) is 4.42. The standard InChI is InChI=1S/C14H25NO2/c1-5-8-9-10-11-14(4,15-12-6-2)13(16)17-7-3/h2,15H,5,7-12H2,1,3-4H3. The Kier molecular flexibility index (Phi) is 8.53. The summed E-state index contributed by atoms with van der Waals surface area (Å²) >= 11 is 0. The fraction of sp³-hybridized carbons (Fsp3) is 0.786. The van der Waals surface area contributed by atoms with Crippen molar-refractivity contribution in [1.29, 1.82) is 0 Å². The molecule has 0 bridgehead atoms. The van der Waals surface area contributed by atoms with E-state index in [4.69, 9.17) is 11.2 Å². The molecule has 0 saturated heterocycles. The van der Waals surface area contributed by atoms with Crippen molar-refractivity contribution < 1.29 is 9.53 Å². The fourth-order valence-corrected chi connectivity index (χ4v) is 1.70. The molecule has 0 spiro atoms. The van der Waals surface area contributed by atoms with E-state index in [1.165, 1.54) is 12.8 Å². The van der Waals surface area contributed by atoms with Crippen LogP contribution in [0.3, 0.4) is 0 Å². The lowest BCUT2D eigenvalue weighted by molar-refractivity contribution is -0.150. The van der Waals surface area contributed by atoms with Crippen LogP contribution in [0.25, 0.3) is 0 Å². The van der Waals surface area contributed by atoms with Crippen LogP contribution in [-0.4, -0.2) is 24.7 Å². The summed E-state index contributed by atoms with van der Waals surface area (Å²) in [5.41, 5.74) is -0.643. The van der Waals surface area contributed by atoms with Gasteiger partial charge in [0.1, 0.15) is 5.54 Å². The van der Waals surface area contributed by atoms with Crippen molar-refractivity contribution in [1.82, 2.24) is 5.32 Å². The van der Waals surface area contributed by atoms with Gasteiger partial charge in [-0.25, -0.2) is 0 Å². The lowest BCUT2D eigenvalue weighted by Crippen LogP contribution is -2.50. The summed E-state index contributed by atoms with van der Waals surface area (Å²) in [6.45, 7) is 6.65. The quantitative estimate of drug-likeness (QED) is 0.382. The van der Waals surface area contributed by atoms with Crippen molar-refractivity contribution in [3.63, 3.8) is 0 Å². The van der Waals surface area contributed by atoms with Gasteiger partial charge >= 0.3 is 5.97 Å². The molecule has 0 aliphatic rings. The van der Waals surface area contributed by atoms with E-state index < -0.39 is 5.54 Å². The second kappa shape index (κ2) is 9.07. The largest absolute Gasteiger partial charge is 0.465 e. The minimum atomic E-state index is -0.643. The first kappa shape index (κ1) is 16.0. The van der Waals surface area contributed by atoms with Gasteiger partial charge in [0, 0.05) is 0 Å². The zero-order chi connectivity index (χ0) is 13.1. The second-order valence-electron chi connectivity index (χ2n) is 4.42. The maximum atomic E-state index is 11.9.